The molecule has 0 unspecified atom stereocenters. The molecule has 0 fully saturated rings. The fourth-order valence-corrected chi connectivity index (χ4v) is 0.400. The first-order chi connectivity index (χ1) is 4.22. The average Bonchev–Trinajstić information content (AvgIpc) is 1.87. The van der Waals surface area contributed by atoms with Crippen LogP contribution in [0.2, 0.25) is 0 Å². The molecule has 0 aromatic rings. The molecule has 0 saturated heterocycles. The lowest BCUT2D eigenvalue weighted by atomic mass is 10.3. The van der Waals surface area contributed by atoms with Gasteiger partial charge in [-0.2, -0.15) is 0 Å². The minimum atomic E-state index is -0.381. The topological polar surface area (TPSA) is 26.3 Å². The molecule has 0 atom stereocenters. The zero-order valence-electron chi connectivity index (χ0n) is 5.68. The summed E-state index contributed by atoms with van der Waals surface area (Å²) in [7, 11) is 1.33. The van der Waals surface area contributed by atoms with Crippen molar-refractivity contribution in [3.63, 3.8) is 0 Å². The maximum absolute atomic E-state index is 10.5. The molecule has 0 spiro atoms. The van der Waals surface area contributed by atoms with Crippen LogP contribution in [0.25, 0.3) is 0 Å². The van der Waals surface area contributed by atoms with E-state index in [4.69, 9.17) is 0 Å². The van der Waals surface area contributed by atoms with E-state index in [0.29, 0.717) is 5.57 Å². The van der Waals surface area contributed by atoms with Gasteiger partial charge < -0.3 is 4.74 Å². The number of allylic oxidation sites excluding steroid dienone is 1. The van der Waals surface area contributed by atoms with Crippen molar-refractivity contribution < 1.29 is 9.53 Å². The van der Waals surface area contributed by atoms with Crippen LogP contribution in [0.5, 0.6) is 0 Å². The maximum Gasteiger partial charge on any atom is 0.337 e. The summed E-state index contributed by atoms with van der Waals surface area (Å²) in [5, 5.41) is 0. The Hall–Kier alpha value is -1.05. The quantitative estimate of drug-likeness (QED) is 0.316. The van der Waals surface area contributed by atoms with E-state index >= 15 is 0 Å². The Bertz CT molecular complexity index is 145. The number of methoxy groups -OCH3 is 1. The second kappa shape index (κ2) is 3.89. The van der Waals surface area contributed by atoms with Gasteiger partial charge in [0, 0.05) is 0 Å². The Labute approximate surface area is 54.8 Å². The van der Waals surface area contributed by atoms with Gasteiger partial charge in [0.15, 0.2) is 0 Å². The molecular weight excluding hydrogens is 116 g/mol. The fourth-order valence-electron chi connectivity index (χ4n) is 0.400. The minimum absolute atomic E-state index is 0.375. The summed E-state index contributed by atoms with van der Waals surface area (Å²) in [4.78, 5) is 10.5. The standard InChI is InChI=1S/C7H10O2/c1-4-5-6(2)7(8)9-3/h4-5H,2H2,1,3H3/b5-4+. The first-order valence-corrected chi connectivity index (χ1v) is 2.62. The Morgan fingerprint density at radius 1 is 1.67 bits per heavy atom. The zero-order valence-corrected chi connectivity index (χ0v) is 5.68. The molecule has 0 aliphatic rings. The molecular formula is C7H10O2. The number of ether oxygens (including phenoxy) is 1. The number of carbonyl (C=O) groups excluding carboxylic acids is 1. The third-order valence-electron chi connectivity index (χ3n) is 0.815. The van der Waals surface area contributed by atoms with Crippen molar-refractivity contribution in [2.24, 2.45) is 0 Å². The number of carbonyl (C=O) groups is 1. The van der Waals surface area contributed by atoms with E-state index in [1.54, 1.807) is 12.2 Å². The van der Waals surface area contributed by atoms with Gasteiger partial charge in [0.2, 0.25) is 0 Å². The molecule has 0 bridgehead atoms. The van der Waals surface area contributed by atoms with Gasteiger partial charge in [0.1, 0.15) is 0 Å². The second-order valence-electron chi connectivity index (χ2n) is 1.52. The zero-order chi connectivity index (χ0) is 7.28. The molecule has 0 aromatic heterocycles. The molecule has 50 valence electrons. The van der Waals surface area contributed by atoms with Crippen LogP contribution < -0.4 is 0 Å². The highest BCUT2D eigenvalue weighted by Crippen LogP contribution is 1.93. The van der Waals surface area contributed by atoms with E-state index in [2.05, 4.69) is 11.3 Å². The number of esters is 1. The van der Waals surface area contributed by atoms with Gasteiger partial charge in [-0.25, -0.2) is 4.79 Å². The smallest absolute Gasteiger partial charge is 0.337 e. The van der Waals surface area contributed by atoms with Crippen LogP contribution in [0.4, 0.5) is 0 Å². The normalized spacial score (nSPS) is 9.56. The highest BCUT2D eigenvalue weighted by atomic mass is 16.5. The summed E-state index contributed by atoms with van der Waals surface area (Å²) in [6.07, 6.45) is 3.34. The van der Waals surface area contributed by atoms with Crippen molar-refractivity contribution >= 4 is 5.97 Å². The van der Waals surface area contributed by atoms with Crippen LogP contribution in [0.1, 0.15) is 6.92 Å². The van der Waals surface area contributed by atoms with Gasteiger partial charge in [-0.3, -0.25) is 0 Å². The third-order valence-corrected chi connectivity index (χ3v) is 0.815. The summed E-state index contributed by atoms with van der Waals surface area (Å²) in [6, 6.07) is 0. The maximum atomic E-state index is 10.5. The van der Waals surface area contributed by atoms with Crippen LogP contribution >= 0.6 is 0 Å². The molecule has 0 amide bonds. The van der Waals surface area contributed by atoms with Crippen LogP contribution in [0, 0.1) is 0 Å². The number of hydrogen-bond donors (Lipinski definition) is 0. The van der Waals surface area contributed by atoms with Crippen LogP contribution in [0.3, 0.4) is 0 Å². The number of rotatable bonds is 2. The SMILES string of the molecule is C=C(/C=C/C)C(=O)OC. The van der Waals surface area contributed by atoms with Crippen molar-refractivity contribution in [1.82, 2.24) is 0 Å². The van der Waals surface area contributed by atoms with E-state index in [1.807, 2.05) is 6.92 Å². The highest BCUT2D eigenvalue weighted by molar-refractivity contribution is 5.90. The first-order valence-electron chi connectivity index (χ1n) is 2.62. The lowest BCUT2D eigenvalue weighted by molar-refractivity contribution is -0.135. The summed E-state index contributed by atoms with van der Waals surface area (Å²) in [5.74, 6) is -0.381. The average molecular weight is 126 g/mol. The van der Waals surface area contributed by atoms with Crippen LogP contribution in [-0.2, 0) is 9.53 Å². The lowest BCUT2D eigenvalue weighted by Crippen LogP contribution is -2.00. The monoisotopic (exact) mass is 126 g/mol. The summed E-state index contributed by atoms with van der Waals surface area (Å²) in [6.45, 7) is 5.27. The lowest BCUT2D eigenvalue weighted by Gasteiger charge is -1.93. The predicted molar refractivity (Wildman–Crippen MR) is 36.0 cm³/mol. The molecule has 0 N–H and O–H groups in total. The first kappa shape index (κ1) is 7.95. The van der Waals surface area contributed by atoms with E-state index in [0.717, 1.165) is 0 Å². The van der Waals surface area contributed by atoms with Gasteiger partial charge in [0.25, 0.3) is 0 Å². The largest absolute Gasteiger partial charge is 0.465 e. The van der Waals surface area contributed by atoms with Crippen molar-refractivity contribution in [2.75, 3.05) is 7.11 Å². The summed E-state index contributed by atoms with van der Waals surface area (Å²) in [5.41, 5.74) is 0.375. The van der Waals surface area contributed by atoms with Crippen molar-refractivity contribution in [3.05, 3.63) is 24.3 Å². The molecule has 0 radical (unpaired) electrons. The highest BCUT2D eigenvalue weighted by Gasteiger charge is 1.99. The Morgan fingerprint density at radius 3 is 2.56 bits per heavy atom. The van der Waals surface area contributed by atoms with E-state index in [1.165, 1.54) is 7.11 Å². The molecule has 9 heavy (non-hydrogen) atoms. The molecule has 0 rings (SSSR count). The van der Waals surface area contributed by atoms with E-state index < -0.39 is 0 Å². The van der Waals surface area contributed by atoms with Gasteiger partial charge in [-0.1, -0.05) is 18.7 Å². The minimum Gasteiger partial charge on any atom is -0.465 e. The van der Waals surface area contributed by atoms with Crippen LogP contribution in [0.15, 0.2) is 24.3 Å². The van der Waals surface area contributed by atoms with Crippen molar-refractivity contribution in [1.29, 1.82) is 0 Å². The second-order valence-corrected chi connectivity index (χ2v) is 1.52. The van der Waals surface area contributed by atoms with Gasteiger partial charge >= 0.3 is 5.97 Å². The summed E-state index contributed by atoms with van der Waals surface area (Å²) < 4.78 is 4.37. The molecule has 2 heteroatoms. The number of hydrogen-bond acceptors (Lipinski definition) is 2. The fraction of sp³-hybridized carbons (Fsp3) is 0.286. The molecule has 0 heterocycles. The predicted octanol–water partition coefficient (Wildman–Crippen LogP) is 1.29. The van der Waals surface area contributed by atoms with Crippen molar-refractivity contribution in [3.8, 4) is 0 Å². The molecule has 0 aliphatic heterocycles. The Balaban J connectivity index is 3.89. The third kappa shape index (κ3) is 2.69. The van der Waals surface area contributed by atoms with Gasteiger partial charge in [-0.05, 0) is 6.92 Å². The summed E-state index contributed by atoms with van der Waals surface area (Å²) >= 11 is 0. The molecule has 2 nitrogen and oxygen atoms in total. The van der Waals surface area contributed by atoms with Gasteiger partial charge in [-0.15, -0.1) is 0 Å². The Kier molecular flexibility index (Phi) is 3.44. The van der Waals surface area contributed by atoms with Gasteiger partial charge in [0.05, 0.1) is 12.7 Å². The Morgan fingerprint density at radius 2 is 2.22 bits per heavy atom. The van der Waals surface area contributed by atoms with Crippen LogP contribution in [-0.4, -0.2) is 13.1 Å². The molecule has 0 aliphatic carbocycles. The van der Waals surface area contributed by atoms with E-state index in [9.17, 15) is 4.79 Å². The van der Waals surface area contributed by atoms with Crippen molar-refractivity contribution in [2.45, 2.75) is 6.92 Å². The van der Waals surface area contributed by atoms with E-state index in [-0.39, 0.29) is 5.97 Å². The molecule has 0 saturated carbocycles. The molecule has 0 aromatic carbocycles.